The van der Waals surface area contributed by atoms with Crippen molar-refractivity contribution in [3.05, 3.63) is 29.0 Å². The van der Waals surface area contributed by atoms with Gasteiger partial charge in [0.1, 0.15) is 5.67 Å². The van der Waals surface area contributed by atoms with Crippen molar-refractivity contribution in [2.75, 3.05) is 6.54 Å². The highest BCUT2D eigenvalue weighted by Gasteiger charge is 2.26. The number of rotatable bonds is 4. The zero-order valence-electron chi connectivity index (χ0n) is 8.13. The maximum Gasteiger partial charge on any atom is 0.127 e. The van der Waals surface area contributed by atoms with Crippen molar-refractivity contribution in [1.82, 2.24) is 4.98 Å². The normalized spacial score (nSPS) is 15.1. The Balaban J connectivity index is 2.82. The summed E-state index contributed by atoms with van der Waals surface area (Å²) in [5.74, 6) is 0. The SMILES string of the molecule is CCC(F)(CN)Cc1ccncc1Cl. The van der Waals surface area contributed by atoms with Gasteiger partial charge in [-0.3, -0.25) is 4.98 Å². The molecule has 78 valence electrons. The third-order valence-corrected chi connectivity index (χ3v) is 2.70. The number of hydrogen-bond donors (Lipinski definition) is 1. The lowest BCUT2D eigenvalue weighted by Crippen LogP contribution is -2.34. The Labute approximate surface area is 88.3 Å². The first-order valence-corrected chi connectivity index (χ1v) is 4.96. The molecule has 0 fully saturated rings. The molecular formula is C10H14ClFN2. The molecule has 4 heteroatoms. The number of pyridine rings is 1. The molecule has 0 saturated carbocycles. The predicted molar refractivity (Wildman–Crippen MR) is 56.1 cm³/mol. The van der Waals surface area contributed by atoms with Gasteiger partial charge in [0.05, 0.1) is 5.02 Å². The Morgan fingerprint density at radius 3 is 2.86 bits per heavy atom. The smallest absolute Gasteiger partial charge is 0.127 e. The molecule has 0 aliphatic carbocycles. The van der Waals surface area contributed by atoms with Crippen LogP contribution in [-0.4, -0.2) is 17.2 Å². The van der Waals surface area contributed by atoms with Gasteiger partial charge in [0.2, 0.25) is 0 Å². The molecule has 1 heterocycles. The van der Waals surface area contributed by atoms with E-state index in [0.717, 1.165) is 5.56 Å². The van der Waals surface area contributed by atoms with Gasteiger partial charge >= 0.3 is 0 Å². The van der Waals surface area contributed by atoms with Gasteiger partial charge in [-0.1, -0.05) is 18.5 Å². The minimum atomic E-state index is -1.36. The fourth-order valence-corrected chi connectivity index (χ4v) is 1.42. The summed E-state index contributed by atoms with van der Waals surface area (Å²) in [6, 6.07) is 1.72. The molecule has 0 spiro atoms. The van der Waals surface area contributed by atoms with Crippen molar-refractivity contribution in [1.29, 1.82) is 0 Å². The quantitative estimate of drug-likeness (QED) is 0.839. The second kappa shape index (κ2) is 4.71. The molecule has 0 aromatic carbocycles. The molecule has 0 amide bonds. The van der Waals surface area contributed by atoms with Gasteiger partial charge in [0, 0.05) is 25.4 Å². The van der Waals surface area contributed by atoms with Crippen molar-refractivity contribution in [2.45, 2.75) is 25.4 Å². The van der Waals surface area contributed by atoms with Crippen LogP contribution in [0.3, 0.4) is 0 Å². The van der Waals surface area contributed by atoms with Crippen LogP contribution in [0.1, 0.15) is 18.9 Å². The molecule has 0 saturated heterocycles. The van der Waals surface area contributed by atoms with Crippen LogP contribution in [0.5, 0.6) is 0 Å². The standard InChI is InChI=1S/C10H14ClFN2/c1-2-10(12,7-13)5-8-3-4-14-6-9(8)11/h3-4,6H,2,5,7,13H2,1H3. The van der Waals surface area contributed by atoms with Gasteiger partial charge in [0.15, 0.2) is 0 Å². The molecule has 1 unspecified atom stereocenters. The summed E-state index contributed by atoms with van der Waals surface area (Å²) in [5, 5.41) is 0.497. The van der Waals surface area contributed by atoms with Crippen LogP contribution < -0.4 is 5.73 Å². The van der Waals surface area contributed by atoms with Crippen LogP contribution in [0.2, 0.25) is 5.02 Å². The Kier molecular flexibility index (Phi) is 3.84. The number of hydrogen-bond acceptors (Lipinski definition) is 2. The van der Waals surface area contributed by atoms with Crippen molar-refractivity contribution in [3.8, 4) is 0 Å². The van der Waals surface area contributed by atoms with E-state index >= 15 is 0 Å². The average Bonchev–Trinajstić information content (AvgIpc) is 2.21. The first-order valence-electron chi connectivity index (χ1n) is 4.58. The molecule has 2 nitrogen and oxygen atoms in total. The fraction of sp³-hybridized carbons (Fsp3) is 0.500. The molecule has 2 N–H and O–H groups in total. The lowest BCUT2D eigenvalue weighted by molar-refractivity contribution is 0.167. The summed E-state index contributed by atoms with van der Waals surface area (Å²) in [6.07, 6.45) is 3.76. The Morgan fingerprint density at radius 1 is 1.64 bits per heavy atom. The summed E-state index contributed by atoms with van der Waals surface area (Å²) >= 11 is 5.87. The minimum Gasteiger partial charge on any atom is -0.328 e. The van der Waals surface area contributed by atoms with Crippen LogP contribution in [0.15, 0.2) is 18.5 Å². The summed E-state index contributed by atoms with van der Waals surface area (Å²) < 4.78 is 13.9. The number of nitrogens with zero attached hydrogens (tertiary/aromatic N) is 1. The van der Waals surface area contributed by atoms with Crippen LogP contribution in [-0.2, 0) is 6.42 Å². The van der Waals surface area contributed by atoms with Gasteiger partial charge in [-0.25, -0.2) is 4.39 Å². The molecular weight excluding hydrogens is 203 g/mol. The Morgan fingerprint density at radius 2 is 2.36 bits per heavy atom. The van der Waals surface area contributed by atoms with E-state index in [1.807, 2.05) is 0 Å². The molecule has 14 heavy (non-hydrogen) atoms. The van der Waals surface area contributed by atoms with Gasteiger partial charge in [-0.2, -0.15) is 0 Å². The molecule has 0 bridgehead atoms. The predicted octanol–water partition coefficient (Wildman–Crippen LogP) is 2.35. The molecule has 1 aromatic rings. The van der Waals surface area contributed by atoms with Crippen molar-refractivity contribution >= 4 is 11.6 Å². The number of aromatic nitrogens is 1. The third-order valence-electron chi connectivity index (χ3n) is 2.36. The van der Waals surface area contributed by atoms with E-state index in [9.17, 15) is 4.39 Å². The van der Waals surface area contributed by atoms with Gasteiger partial charge in [-0.05, 0) is 18.1 Å². The van der Waals surface area contributed by atoms with Crippen LogP contribution in [0.4, 0.5) is 4.39 Å². The molecule has 0 aliphatic heterocycles. The van der Waals surface area contributed by atoms with E-state index < -0.39 is 5.67 Å². The monoisotopic (exact) mass is 216 g/mol. The highest BCUT2D eigenvalue weighted by atomic mass is 35.5. The highest BCUT2D eigenvalue weighted by Crippen LogP contribution is 2.24. The van der Waals surface area contributed by atoms with Crippen LogP contribution in [0, 0.1) is 0 Å². The lowest BCUT2D eigenvalue weighted by Gasteiger charge is -2.22. The van der Waals surface area contributed by atoms with E-state index in [0.29, 0.717) is 11.4 Å². The number of nitrogens with two attached hydrogens (primary N) is 1. The second-order valence-corrected chi connectivity index (χ2v) is 3.76. The maximum absolute atomic E-state index is 13.9. The zero-order valence-corrected chi connectivity index (χ0v) is 8.89. The first kappa shape index (κ1) is 11.4. The summed E-state index contributed by atoms with van der Waals surface area (Å²) in [4.78, 5) is 3.84. The van der Waals surface area contributed by atoms with Crippen molar-refractivity contribution in [3.63, 3.8) is 0 Å². The number of halogens is 2. The molecule has 0 aliphatic rings. The van der Waals surface area contributed by atoms with Gasteiger partial charge in [-0.15, -0.1) is 0 Å². The van der Waals surface area contributed by atoms with E-state index in [4.69, 9.17) is 17.3 Å². The third kappa shape index (κ3) is 2.66. The molecule has 0 radical (unpaired) electrons. The zero-order chi connectivity index (χ0) is 10.6. The maximum atomic E-state index is 13.9. The average molecular weight is 217 g/mol. The highest BCUT2D eigenvalue weighted by molar-refractivity contribution is 6.31. The van der Waals surface area contributed by atoms with E-state index in [2.05, 4.69) is 4.98 Å². The second-order valence-electron chi connectivity index (χ2n) is 3.35. The number of alkyl halides is 1. The minimum absolute atomic E-state index is 0.0160. The first-order chi connectivity index (χ1) is 6.61. The topological polar surface area (TPSA) is 38.9 Å². The van der Waals surface area contributed by atoms with Gasteiger partial charge < -0.3 is 5.73 Å². The Hall–Kier alpha value is -0.670. The summed E-state index contributed by atoms with van der Waals surface area (Å²) in [5.41, 5.74) is 4.79. The lowest BCUT2D eigenvalue weighted by atomic mass is 9.94. The van der Waals surface area contributed by atoms with E-state index in [1.165, 1.54) is 6.20 Å². The molecule has 1 atom stereocenters. The van der Waals surface area contributed by atoms with Crippen LogP contribution in [0.25, 0.3) is 0 Å². The molecule has 1 rings (SSSR count). The van der Waals surface area contributed by atoms with E-state index in [1.54, 1.807) is 19.2 Å². The molecule has 1 aromatic heterocycles. The summed E-state index contributed by atoms with van der Waals surface area (Å²) in [7, 11) is 0. The Bertz CT molecular complexity index is 300. The largest absolute Gasteiger partial charge is 0.328 e. The van der Waals surface area contributed by atoms with E-state index in [-0.39, 0.29) is 13.0 Å². The van der Waals surface area contributed by atoms with Gasteiger partial charge in [0.25, 0.3) is 0 Å². The van der Waals surface area contributed by atoms with Crippen molar-refractivity contribution in [2.24, 2.45) is 5.73 Å². The van der Waals surface area contributed by atoms with Crippen molar-refractivity contribution < 1.29 is 4.39 Å². The van der Waals surface area contributed by atoms with Crippen LogP contribution >= 0.6 is 11.6 Å². The fourth-order valence-electron chi connectivity index (χ4n) is 1.23. The summed E-state index contributed by atoms with van der Waals surface area (Å²) in [6.45, 7) is 1.80.